The fraction of sp³-hybridized carbons (Fsp3) is 0.731. The Morgan fingerprint density at radius 2 is 1.97 bits per heavy atom. The van der Waals surface area contributed by atoms with Crippen LogP contribution in [0.5, 0.6) is 5.88 Å². The van der Waals surface area contributed by atoms with Gasteiger partial charge in [0.05, 0.1) is 23.4 Å². The maximum atomic E-state index is 13.4. The van der Waals surface area contributed by atoms with E-state index in [1.807, 2.05) is 40.7 Å². The van der Waals surface area contributed by atoms with Crippen molar-refractivity contribution in [3.8, 4) is 5.88 Å². The Bertz CT molecular complexity index is 935. The van der Waals surface area contributed by atoms with Crippen molar-refractivity contribution in [1.29, 1.82) is 0 Å². The molecule has 2 amide bonds. The number of aliphatic hydroxyl groups is 1. The number of aromatic nitrogens is 2. The molecule has 0 aliphatic heterocycles. The lowest BCUT2D eigenvalue weighted by atomic mass is 9.52. The van der Waals surface area contributed by atoms with Crippen molar-refractivity contribution < 1.29 is 19.4 Å². The minimum atomic E-state index is -0.573. The summed E-state index contributed by atoms with van der Waals surface area (Å²) in [4.78, 5) is 25.4. The highest BCUT2D eigenvalue weighted by Crippen LogP contribution is 2.55. The topological polar surface area (TPSA) is 105 Å². The molecule has 34 heavy (non-hydrogen) atoms. The lowest BCUT2D eigenvalue weighted by Crippen LogP contribution is -2.61. The molecule has 1 aromatic rings. The molecule has 0 aromatic carbocycles. The van der Waals surface area contributed by atoms with Gasteiger partial charge in [0.1, 0.15) is 5.56 Å². The summed E-state index contributed by atoms with van der Waals surface area (Å²) in [6.07, 6.45) is 10.9. The van der Waals surface area contributed by atoms with Gasteiger partial charge in [0.25, 0.3) is 5.91 Å². The summed E-state index contributed by atoms with van der Waals surface area (Å²) in [6, 6.07) is 0.0860. The normalized spacial score (nSPS) is 30.2. The molecular weight excluding hydrogens is 432 g/mol. The van der Waals surface area contributed by atoms with Gasteiger partial charge < -0.3 is 20.5 Å². The van der Waals surface area contributed by atoms with Gasteiger partial charge in [-0.15, -0.1) is 0 Å². The molecule has 8 nitrogen and oxygen atoms in total. The SMILES string of the molecule is CCCC(=O)NC(C)(C)/C=C/n1ncc(C(=O)N[C@H]2C3CC4CC2C[C@](O)(C4)C3)c1OC(C)C. The van der Waals surface area contributed by atoms with Crippen LogP contribution in [0.4, 0.5) is 0 Å². The monoisotopic (exact) mass is 472 g/mol. The molecule has 1 heterocycles. The zero-order valence-corrected chi connectivity index (χ0v) is 21.1. The predicted octanol–water partition coefficient (Wildman–Crippen LogP) is 3.51. The Labute approximate surface area is 202 Å². The summed E-state index contributed by atoms with van der Waals surface area (Å²) < 4.78 is 7.56. The molecule has 0 radical (unpaired) electrons. The van der Waals surface area contributed by atoms with E-state index in [9.17, 15) is 14.7 Å². The molecule has 188 valence electrons. The molecule has 5 rings (SSSR count). The van der Waals surface area contributed by atoms with E-state index in [1.165, 1.54) is 0 Å². The molecule has 4 aliphatic rings. The number of nitrogens with one attached hydrogen (secondary N) is 2. The Balaban J connectivity index is 1.50. The molecular formula is C26H40N4O4. The Morgan fingerprint density at radius 1 is 1.29 bits per heavy atom. The minimum absolute atomic E-state index is 0.00309. The van der Waals surface area contributed by atoms with Gasteiger partial charge in [-0.3, -0.25) is 9.59 Å². The largest absolute Gasteiger partial charge is 0.474 e. The molecule has 0 saturated heterocycles. The van der Waals surface area contributed by atoms with E-state index in [4.69, 9.17) is 4.74 Å². The summed E-state index contributed by atoms with van der Waals surface area (Å²) >= 11 is 0. The first kappa shape index (κ1) is 24.8. The third kappa shape index (κ3) is 5.32. The number of amides is 2. The Hall–Kier alpha value is -2.35. The third-order valence-corrected chi connectivity index (χ3v) is 7.45. The first-order valence-corrected chi connectivity index (χ1v) is 12.8. The van der Waals surface area contributed by atoms with Gasteiger partial charge in [-0.2, -0.15) is 5.10 Å². The third-order valence-electron chi connectivity index (χ3n) is 7.45. The number of carbonyl (C=O) groups is 2. The summed E-state index contributed by atoms with van der Waals surface area (Å²) in [6.45, 7) is 9.63. The van der Waals surface area contributed by atoms with Gasteiger partial charge in [0.2, 0.25) is 11.8 Å². The predicted molar refractivity (Wildman–Crippen MR) is 130 cm³/mol. The maximum absolute atomic E-state index is 13.4. The molecule has 4 fully saturated rings. The summed E-state index contributed by atoms with van der Waals surface area (Å²) in [5.41, 5.74) is -0.701. The van der Waals surface area contributed by atoms with Crippen LogP contribution in [-0.2, 0) is 4.79 Å². The number of rotatable bonds is 9. The van der Waals surface area contributed by atoms with Crippen LogP contribution in [-0.4, -0.2) is 50.0 Å². The number of ether oxygens (including phenoxy) is 1. The van der Waals surface area contributed by atoms with Crippen LogP contribution in [0.2, 0.25) is 0 Å². The first-order chi connectivity index (χ1) is 16.0. The van der Waals surface area contributed by atoms with Gasteiger partial charge >= 0.3 is 0 Å². The molecule has 1 aromatic heterocycles. The van der Waals surface area contributed by atoms with Crippen molar-refractivity contribution >= 4 is 18.0 Å². The lowest BCUT2D eigenvalue weighted by molar-refractivity contribution is -0.137. The van der Waals surface area contributed by atoms with E-state index < -0.39 is 11.1 Å². The van der Waals surface area contributed by atoms with E-state index in [2.05, 4.69) is 15.7 Å². The Kier molecular flexibility index (Phi) is 6.82. The van der Waals surface area contributed by atoms with Crippen molar-refractivity contribution in [3.63, 3.8) is 0 Å². The lowest BCUT2D eigenvalue weighted by Gasteiger charge is -2.58. The van der Waals surface area contributed by atoms with E-state index >= 15 is 0 Å². The molecule has 4 bridgehead atoms. The molecule has 2 atom stereocenters. The van der Waals surface area contributed by atoms with Gasteiger partial charge in [-0.05, 0) is 90.0 Å². The first-order valence-electron chi connectivity index (χ1n) is 12.8. The average molecular weight is 473 g/mol. The van der Waals surface area contributed by atoms with E-state index in [0.29, 0.717) is 35.6 Å². The van der Waals surface area contributed by atoms with Crippen LogP contribution in [0.15, 0.2) is 12.3 Å². The standard InChI is InChI=1S/C26H40N4O4/c1-6-7-21(31)29-25(4,5)8-9-30-24(34-16(2)3)20(15-27-30)23(32)28-22-18-10-17-11-19(22)14-26(33,12-17)13-18/h8-9,15-19,22,33H,6-7,10-14H2,1-5H3,(H,28,32)(H,29,31)/b9-8+/t17?,18?,19?,22-,26-. The number of carbonyl (C=O) groups excluding carboxylic acids is 2. The van der Waals surface area contributed by atoms with Crippen LogP contribution in [0.3, 0.4) is 0 Å². The molecule has 3 N–H and O–H groups in total. The quantitative estimate of drug-likeness (QED) is 0.510. The minimum Gasteiger partial charge on any atom is -0.474 e. The van der Waals surface area contributed by atoms with Crippen molar-refractivity contribution in [2.45, 2.75) is 103 Å². The highest BCUT2D eigenvalue weighted by molar-refractivity contribution is 5.96. The zero-order chi connectivity index (χ0) is 24.7. The van der Waals surface area contributed by atoms with Crippen molar-refractivity contribution in [2.24, 2.45) is 17.8 Å². The second-order valence-corrected chi connectivity index (χ2v) is 11.5. The zero-order valence-electron chi connectivity index (χ0n) is 21.1. The molecule has 0 spiro atoms. The second kappa shape index (κ2) is 9.36. The highest BCUT2D eigenvalue weighted by atomic mass is 16.5. The molecule has 2 unspecified atom stereocenters. The van der Waals surface area contributed by atoms with E-state index in [-0.39, 0.29) is 24.0 Å². The smallest absolute Gasteiger partial charge is 0.258 e. The summed E-state index contributed by atoms with van der Waals surface area (Å²) in [5.74, 6) is 1.45. The average Bonchev–Trinajstić information content (AvgIpc) is 3.09. The number of nitrogens with zero attached hydrogens (tertiary/aromatic N) is 2. The van der Waals surface area contributed by atoms with Gasteiger partial charge in [0.15, 0.2) is 0 Å². The highest BCUT2D eigenvalue weighted by Gasteiger charge is 2.55. The molecule has 4 saturated carbocycles. The number of hydrogen-bond acceptors (Lipinski definition) is 5. The van der Waals surface area contributed by atoms with Crippen LogP contribution >= 0.6 is 0 Å². The maximum Gasteiger partial charge on any atom is 0.258 e. The number of hydrogen-bond donors (Lipinski definition) is 3. The van der Waals surface area contributed by atoms with Gasteiger partial charge in [-0.1, -0.05) is 6.92 Å². The van der Waals surface area contributed by atoms with Crippen LogP contribution < -0.4 is 15.4 Å². The van der Waals surface area contributed by atoms with Crippen LogP contribution in [0, 0.1) is 17.8 Å². The van der Waals surface area contributed by atoms with Crippen molar-refractivity contribution in [1.82, 2.24) is 20.4 Å². The summed E-state index contributed by atoms with van der Waals surface area (Å²) in [5, 5.41) is 21.5. The molecule has 4 aliphatic carbocycles. The van der Waals surface area contributed by atoms with Crippen LogP contribution in [0.25, 0.3) is 6.20 Å². The van der Waals surface area contributed by atoms with E-state index in [0.717, 1.165) is 38.5 Å². The van der Waals surface area contributed by atoms with Crippen molar-refractivity contribution in [2.75, 3.05) is 0 Å². The Morgan fingerprint density at radius 3 is 2.56 bits per heavy atom. The van der Waals surface area contributed by atoms with Crippen LogP contribution in [0.1, 0.15) is 89.9 Å². The summed E-state index contributed by atoms with van der Waals surface area (Å²) in [7, 11) is 0. The van der Waals surface area contributed by atoms with Gasteiger partial charge in [0, 0.05) is 18.7 Å². The van der Waals surface area contributed by atoms with E-state index in [1.54, 1.807) is 17.1 Å². The fourth-order valence-corrected chi connectivity index (χ4v) is 6.35. The fourth-order valence-electron chi connectivity index (χ4n) is 6.35. The van der Waals surface area contributed by atoms with Crippen molar-refractivity contribution in [3.05, 3.63) is 17.8 Å². The second-order valence-electron chi connectivity index (χ2n) is 11.5. The van der Waals surface area contributed by atoms with Gasteiger partial charge in [-0.25, -0.2) is 4.68 Å². The molecule has 8 heteroatoms.